The highest BCUT2D eigenvalue weighted by Gasteiger charge is 2.67. The van der Waals surface area contributed by atoms with Gasteiger partial charge in [-0.15, -0.1) is 0 Å². The first-order valence-corrected chi connectivity index (χ1v) is 11.5. The van der Waals surface area contributed by atoms with Crippen LogP contribution in [0.1, 0.15) is 91.9 Å². The maximum Gasteiger partial charge on any atom is 0.303 e. The first-order valence-electron chi connectivity index (χ1n) is 11.5. The molecule has 4 aliphatic rings. The Labute approximate surface area is 169 Å². The van der Waals surface area contributed by atoms with Crippen molar-refractivity contribution < 1.29 is 19.4 Å². The Hall–Kier alpha value is -0.900. The maximum atomic E-state index is 12.9. The average Bonchev–Trinajstić information content (AvgIpc) is 2.92. The van der Waals surface area contributed by atoms with Crippen molar-refractivity contribution in [3.63, 3.8) is 0 Å². The SMILES string of the molecule is CC(=O)OCC(=O)[C@@]1(O)CC[C@H]2[C@@H]3CC[C@@]4(C)CCCC[C@]4(C)[C@H]3CC[C@@]21C. The van der Waals surface area contributed by atoms with Gasteiger partial charge in [0.15, 0.2) is 6.61 Å². The van der Waals surface area contributed by atoms with Gasteiger partial charge >= 0.3 is 5.97 Å². The number of Topliss-reactive ketones (excluding diaryl/α,β-unsaturated/α-hetero) is 1. The molecule has 7 atom stereocenters. The van der Waals surface area contributed by atoms with Crippen molar-refractivity contribution in [2.45, 2.75) is 97.5 Å². The number of ether oxygens (including phenoxy) is 1. The van der Waals surface area contributed by atoms with E-state index in [0.29, 0.717) is 29.1 Å². The zero-order valence-corrected chi connectivity index (χ0v) is 18.2. The van der Waals surface area contributed by atoms with Crippen molar-refractivity contribution in [3.8, 4) is 0 Å². The van der Waals surface area contributed by atoms with Gasteiger partial charge < -0.3 is 9.84 Å². The minimum Gasteiger partial charge on any atom is -0.458 e. The zero-order chi connectivity index (χ0) is 20.4. The minimum absolute atomic E-state index is 0.294. The highest BCUT2D eigenvalue weighted by atomic mass is 16.5. The van der Waals surface area contributed by atoms with Crippen molar-refractivity contribution in [3.05, 3.63) is 0 Å². The Morgan fingerprint density at radius 1 is 0.893 bits per heavy atom. The summed E-state index contributed by atoms with van der Waals surface area (Å²) >= 11 is 0. The van der Waals surface area contributed by atoms with Crippen LogP contribution in [0, 0.1) is 34.0 Å². The molecule has 0 aromatic rings. The van der Waals surface area contributed by atoms with Crippen molar-refractivity contribution in [1.29, 1.82) is 0 Å². The molecule has 0 spiro atoms. The molecule has 1 N–H and O–H groups in total. The Kier molecular flexibility index (Phi) is 4.77. The third-order valence-corrected chi connectivity index (χ3v) is 10.4. The van der Waals surface area contributed by atoms with Gasteiger partial charge in [0.25, 0.3) is 0 Å². The lowest BCUT2D eigenvalue weighted by molar-refractivity contribution is -0.184. The second-order valence-electron chi connectivity index (χ2n) is 11.2. The van der Waals surface area contributed by atoms with Crippen LogP contribution >= 0.6 is 0 Å². The lowest BCUT2D eigenvalue weighted by Crippen LogP contribution is -2.60. The molecule has 0 amide bonds. The van der Waals surface area contributed by atoms with Crippen molar-refractivity contribution in [2.75, 3.05) is 6.61 Å². The Morgan fingerprint density at radius 2 is 1.54 bits per heavy atom. The van der Waals surface area contributed by atoms with E-state index in [4.69, 9.17) is 4.74 Å². The lowest BCUT2D eigenvalue weighted by Gasteiger charge is -2.65. The number of fused-ring (bicyclic) bond motifs is 5. The summed E-state index contributed by atoms with van der Waals surface area (Å²) in [5.41, 5.74) is -0.866. The van der Waals surface area contributed by atoms with E-state index in [0.717, 1.165) is 25.2 Å². The molecule has 4 fully saturated rings. The second kappa shape index (κ2) is 6.55. The van der Waals surface area contributed by atoms with E-state index in [9.17, 15) is 14.7 Å². The third kappa shape index (κ3) is 2.58. The van der Waals surface area contributed by atoms with E-state index in [1.54, 1.807) is 0 Å². The van der Waals surface area contributed by atoms with Crippen LogP contribution in [0.3, 0.4) is 0 Å². The van der Waals surface area contributed by atoms with E-state index in [1.807, 2.05) is 0 Å². The molecule has 4 heteroatoms. The molecule has 0 saturated heterocycles. The predicted molar refractivity (Wildman–Crippen MR) is 108 cm³/mol. The van der Waals surface area contributed by atoms with Gasteiger partial charge in [-0.3, -0.25) is 9.59 Å². The summed E-state index contributed by atoms with van der Waals surface area (Å²) < 4.78 is 4.96. The third-order valence-electron chi connectivity index (χ3n) is 10.4. The van der Waals surface area contributed by atoms with Gasteiger partial charge in [-0.05, 0) is 80.0 Å². The standard InChI is InChI=1S/C24H38O4/c1-16(25)28-15-20(26)24(27)14-9-19-17-7-12-21(2)10-5-6-11-22(21,3)18(17)8-13-23(19,24)4/h17-19,27H,5-15H2,1-4H3/t17-,18+,19+,21-,22-,23+,24+/m1/s1. The molecule has 0 aromatic carbocycles. The predicted octanol–water partition coefficient (Wildman–Crippen LogP) is 4.67. The molecule has 4 aliphatic carbocycles. The van der Waals surface area contributed by atoms with Gasteiger partial charge in [-0.2, -0.15) is 0 Å². The molecule has 0 heterocycles. The first-order chi connectivity index (χ1) is 13.1. The van der Waals surface area contributed by atoms with Crippen LogP contribution in [-0.4, -0.2) is 29.1 Å². The number of ketones is 1. The molecular formula is C24H38O4. The van der Waals surface area contributed by atoms with E-state index in [1.165, 1.54) is 45.4 Å². The fourth-order valence-corrected chi connectivity index (χ4v) is 8.37. The van der Waals surface area contributed by atoms with Crippen LogP contribution in [0.15, 0.2) is 0 Å². The van der Waals surface area contributed by atoms with E-state index in [2.05, 4.69) is 20.8 Å². The van der Waals surface area contributed by atoms with Crippen molar-refractivity contribution in [2.24, 2.45) is 34.0 Å². The quantitative estimate of drug-likeness (QED) is 0.711. The number of carbonyl (C=O) groups excluding carboxylic acids is 2. The fourth-order valence-electron chi connectivity index (χ4n) is 8.37. The molecule has 4 saturated carbocycles. The van der Waals surface area contributed by atoms with Crippen molar-refractivity contribution >= 4 is 11.8 Å². The number of hydrogen-bond acceptors (Lipinski definition) is 4. The van der Waals surface area contributed by atoms with Crippen LogP contribution in [-0.2, 0) is 14.3 Å². The monoisotopic (exact) mass is 390 g/mol. The molecule has 0 radical (unpaired) electrons. The summed E-state index contributed by atoms with van der Waals surface area (Å²) in [6.07, 6.45) is 11.4. The topological polar surface area (TPSA) is 63.6 Å². The largest absolute Gasteiger partial charge is 0.458 e. The van der Waals surface area contributed by atoms with Gasteiger partial charge in [0, 0.05) is 12.3 Å². The van der Waals surface area contributed by atoms with Gasteiger partial charge in [-0.1, -0.05) is 33.6 Å². The summed E-state index contributed by atoms with van der Waals surface area (Å²) in [5, 5.41) is 11.5. The Bertz CT molecular complexity index is 674. The van der Waals surface area contributed by atoms with E-state index < -0.39 is 11.6 Å². The lowest BCUT2D eigenvalue weighted by atomic mass is 9.40. The van der Waals surface area contributed by atoms with E-state index >= 15 is 0 Å². The molecule has 4 nitrogen and oxygen atoms in total. The Morgan fingerprint density at radius 3 is 2.25 bits per heavy atom. The number of hydrogen-bond donors (Lipinski definition) is 1. The Balaban J connectivity index is 1.60. The van der Waals surface area contributed by atoms with Crippen LogP contribution in [0.2, 0.25) is 0 Å². The molecule has 0 aliphatic heterocycles. The second-order valence-corrected chi connectivity index (χ2v) is 11.2. The smallest absolute Gasteiger partial charge is 0.303 e. The summed E-state index contributed by atoms with van der Waals surface area (Å²) in [7, 11) is 0. The molecule has 28 heavy (non-hydrogen) atoms. The van der Waals surface area contributed by atoms with Crippen LogP contribution in [0.4, 0.5) is 0 Å². The number of carbonyl (C=O) groups is 2. The number of esters is 1. The van der Waals surface area contributed by atoms with E-state index in [-0.39, 0.29) is 17.8 Å². The maximum absolute atomic E-state index is 12.9. The molecular weight excluding hydrogens is 352 g/mol. The molecule has 4 rings (SSSR count). The van der Waals surface area contributed by atoms with Gasteiger partial charge in [0.2, 0.25) is 5.78 Å². The molecule has 0 bridgehead atoms. The highest BCUT2D eigenvalue weighted by molar-refractivity contribution is 5.90. The average molecular weight is 391 g/mol. The van der Waals surface area contributed by atoms with Crippen LogP contribution < -0.4 is 0 Å². The molecule has 158 valence electrons. The molecule has 0 unspecified atom stereocenters. The zero-order valence-electron chi connectivity index (χ0n) is 18.2. The summed E-state index contributed by atoms with van der Waals surface area (Å²) in [6.45, 7) is 8.25. The first kappa shape index (κ1) is 20.4. The van der Waals surface area contributed by atoms with Gasteiger partial charge in [0.1, 0.15) is 5.60 Å². The summed E-state index contributed by atoms with van der Waals surface area (Å²) in [4.78, 5) is 24.1. The normalized spacial score (nSPS) is 50.2. The molecule has 0 aromatic heterocycles. The van der Waals surface area contributed by atoms with Crippen LogP contribution in [0.25, 0.3) is 0 Å². The minimum atomic E-state index is -1.34. The van der Waals surface area contributed by atoms with Gasteiger partial charge in [0.05, 0.1) is 0 Å². The summed E-state index contributed by atoms with van der Waals surface area (Å²) in [5.74, 6) is 0.981. The number of aliphatic hydroxyl groups is 1. The van der Waals surface area contributed by atoms with Gasteiger partial charge in [-0.25, -0.2) is 0 Å². The summed E-state index contributed by atoms with van der Waals surface area (Å²) in [6, 6.07) is 0. The van der Waals surface area contributed by atoms with Crippen LogP contribution in [0.5, 0.6) is 0 Å². The highest BCUT2D eigenvalue weighted by Crippen LogP contribution is 2.71. The fraction of sp³-hybridized carbons (Fsp3) is 0.917. The number of rotatable bonds is 3. The van der Waals surface area contributed by atoms with Crippen molar-refractivity contribution in [1.82, 2.24) is 0 Å².